The van der Waals surface area contributed by atoms with Crippen molar-refractivity contribution in [1.29, 1.82) is 0 Å². The second kappa shape index (κ2) is 8.02. The Bertz CT molecular complexity index is 497. The Labute approximate surface area is 133 Å². The van der Waals surface area contributed by atoms with Crippen molar-refractivity contribution in [2.24, 2.45) is 0 Å². The molecule has 0 atom stereocenters. The highest BCUT2D eigenvalue weighted by Crippen LogP contribution is 2.17. The van der Waals surface area contributed by atoms with Crippen molar-refractivity contribution in [1.82, 2.24) is 5.32 Å². The van der Waals surface area contributed by atoms with E-state index in [1.165, 1.54) is 0 Å². The summed E-state index contributed by atoms with van der Waals surface area (Å²) in [6.07, 6.45) is 0.0926. The summed E-state index contributed by atoms with van der Waals surface area (Å²) in [5, 5.41) is 2.71. The molecule has 0 aliphatic carbocycles. The van der Waals surface area contributed by atoms with Crippen LogP contribution in [-0.2, 0) is 14.3 Å². The molecule has 0 unspecified atom stereocenters. The van der Waals surface area contributed by atoms with Gasteiger partial charge in [0.2, 0.25) is 0 Å². The lowest BCUT2D eigenvalue weighted by molar-refractivity contribution is -0.149. The highest BCUT2D eigenvalue weighted by Gasteiger charge is 2.15. The summed E-state index contributed by atoms with van der Waals surface area (Å²) in [6.45, 7) is 5.51. The third kappa shape index (κ3) is 8.34. The molecule has 0 aromatic heterocycles. The van der Waals surface area contributed by atoms with Crippen molar-refractivity contribution in [3.8, 4) is 5.75 Å². The SMILES string of the molecule is CC(C)(C)NC(=O)COC(=O)CCOc1cccc(Br)c1. The van der Waals surface area contributed by atoms with E-state index in [9.17, 15) is 9.59 Å². The maximum atomic E-state index is 11.5. The minimum absolute atomic E-state index is 0.0926. The molecule has 1 aromatic carbocycles. The van der Waals surface area contributed by atoms with Crippen LogP contribution < -0.4 is 10.1 Å². The standard InChI is InChI=1S/C15H20BrNO4/c1-15(2,3)17-13(18)10-21-14(19)7-8-20-12-6-4-5-11(16)9-12/h4-6,9H,7-8,10H2,1-3H3,(H,17,18). The average molecular weight is 358 g/mol. The van der Waals surface area contributed by atoms with E-state index in [1.54, 1.807) is 6.07 Å². The van der Waals surface area contributed by atoms with E-state index in [0.29, 0.717) is 5.75 Å². The molecule has 1 aromatic rings. The maximum absolute atomic E-state index is 11.5. The van der Waals surface area contributed by atoms with Crippen LogP contribution in [0.25, 0.3) is 0 Å². The van der Waals surface area contributed by atoms with Gasteiger partial charge < -0.3 is 14.8 Å². The van der Waals surface area contributed by atoms with E-state index in [0.717, 1.165) is 4.47 Å². The van der Waals surface area contributed by atoms with Gasteiger partial charge in [-0.05, 0) is 39.0 Å². The summed E-state index contributed by atoms with van der Waals surface area (Å²) in [6, 6.07) is 7.33. The van der Waals surface area contributed by atoms with Gasteiger partial charge in [0, 0.05) is 10.0 Å². The first kappa shape index (κ1) is 17.5. The van der Waals surface area contributed by atoms with Crippen molar-refractivity contribution in [3.63, 3.8) is 0 Å². The molecule has 1 amide bonds. The van der Waals surface area contributed by atoms with Crippen LogP contribution in [0.15, 0.2) is 28.7 Å². The summed E-state index contributed by atoms with van der Waals surface area (Å²) in [5.74, 6) is -0.111. The molecule has 5 nitrogen and oxygen atoms in total. The van der Waals surface area contributed by atoms with E-state index in [-0.39, 0.29) is 31.1 Å². The lowest BCUT2D eigenvalue weighted by atomic mass is 10.1. The Kier molecular flexibility index (Phi) is 6.68. The van der Waals surface area contributed by atoms with Crippen LogP contribution in [0, 0.1) is 0 Å². The van der Waals surface area contributed by atoms with Crippen LogP contribution in [0.4, 0.5) is 0 Å². The van der Waals surface area contributed by atoms with Gasteiger partial charge in [-0.2, -0.15) is 0 Å². The van der Waals surface area contributed by atoms with E-state index >= 15 is 0 Å². The van der Waals surface area contributed by atoms with Crippen molar-refractivity contribution < 1.29 is 19.1 Å². The average Bonchev–Trinajstić information content (AvgIpc) is 2.34. The summed E-state index contributed by atoms with van der Waals surface area (Å²) in [5.41, 5.74) is -0.340. The summed E-state index contributed by atoms with van der Waals surface area (Å²) in [7, 11) is 0. The number of ether oxygens (including phenoxy) is 2. The molecular weight excluding hydrogens is 338 g/mol. The van der Waals surface area contributed by atoms with Gasteiger partial charge in [0.15, 0.2) is 6.61 Å². The van der Waals surface area contributed by atoms with Gasteiger partial charge >= 0.3 is 5.97 Å². The molecule has 1 rings (SSSR count). The van der Waals surface area contributed by atoms with E-state index in [4.69, 9.17) is 9.47 Å². The lowest BCUT2D eigenvalue weighted by Gasteiger charge is -2.20. The molecule has 0 saturated carbocycles. The fourth-order valence-corrected chi connectivity index (χ4v) is 1.86. The molecule has 116 valence electrons. The zero-order valence-corrected chi connectivity index (χ0v) is 14.0. The predicted octanol–water partition coefficient (Wildman–Crippen LogP) is 2.68. The van der Waals surface area contributed by atoms with Crippen LogP contribution in [0.1, 0.15) is 27.2 Å². The molecule has 21 heavy (non-hydrogen) atoms. The molecule has 6 heteroatoms. The smallest absolute Gasteiger partial charge is 0.309 e. The van der Waals surface area contributed by atoms with E-state index < -0.39 is 5.97 Å². The van der Waals surface area contributed by atoms with Crippen molar-refractivity contribution in [3.05, 3.63) is 28.7 Å². The molecule has 0 saturated heterocycles. The van der Waals surface area contributed by atoms with Gasteiger partial charge in [-0.15, -0.1) is 0 Å². The Morgan fingerprint density at radius 1 is 1.29 bits per heavy atom. The van der Waals surface area contributed by atoms with Crippen LogP contribution in [0.3, 0.4) is 0 Å². The molecule has 0 radical (unpaired) electrons. The molecule has 1 N–H and O–H groups in total. The number of esters is 1. The maximum Gasteiger partial charge on any atom is 0.309 e. The van der Waals surface area contributed by atoms with Crippen molar-refractivity contribution in [2.45, 2.75) is 32.7 Å². The number of benzene rings is 1. The number of rotatable bonds is 6. The fourth-order valence-electron chi connectivity index (χ4n) is 1.48. The lowest BCUT2D eigenvalue weighted by Crippen LogP contribution is -2.42. The van der Waals surface area contributed by atoms with Crippen molar-refractivity contribution in [2.75, 3.05) is 13.2 Å². The number of halogens is 1. The third-order valence-corrected chi connectivity index (χ3v) is 2.74. The van der Waals surface area contributed by atoms with Crippen LogP contribution >= 0.6 is 15.9 Å². The minimum atomic E-state index is -0.464. The third-order valence-electron chi connectivity index (χ3n) is 2.25. The second-order valence-electron chi connectivity index (χ2n) is 5.51. The number of carbonyl (C=O) groups is 2. The van der Waals surface area contributed by atoms with Crippen molar-refractivity contribution >= 4 is 27.8 Å². The monoisotopic (exact) mass is 357 g/mol. The number of carbonyl (C=O) groups excluding carboxylic acids is 2. The summed E-state index contributed by atoms with van der Waals surface area (Å²) >= 11 is 3.33. The minimum Gasteiger partial charge on any atom is -0.493 e. The largest absolute Gasteiger partial charge is 0.493 e. The van der Waals surface area contributed by atoms with E-state index in [2.05, 4.69) is 21.2 Å². The Morgan fingerprint density at radius 3 is 2.62 bits per heavy atom. The Balaban J connectivity index is 2.21. The van der Waals surface area contributed by atoms with E-state index in [1.807, 2.05) is 39.0 Å². The highest BCUT2D eigenvalue weighted by molar-refractivity contribution is 9.10. The fraction of sp³-hybridized carbons (Fsp3) is 0.467. The number of nitrogens with one attached hydrogen (secondary N) is 1. The van der Waals surface area contributed by atoms with Gasteiger partial charge in [-0.25, -0.2) is 0 Å². The first-order valence-electron chi connectivity index (χ1n) is 6.61. The second-order valence-corrected chi connectivity index (χ2v) is 6.43. The number of hydrogen-bond donors (Lipinski definition) is 1. The molecule has 0 heterocycles. The molecule has 0 aliphatic heterocycles. The molecule has 0 bridgehead atoms. The Hall–Kier alpha value is -1.56. The molecular formula is C15H20BrNO4. The number of hydrogen-bond acceptors (Lipinski definition) is 4. The zero-order chi connectivity index (χ0) is 15.9. The molecule has 0 aliphatic rings. The quantitative estimate of drug-likeness (QED) is 0.795. The zero-order valence-electron chi connectivity index (χ0n) is 12.4. The van der Waals surface area contributed by atoms with Gasteiger partial charge in [0.1, 0.15) is 5.75 Å². The molecule has 0 fully saturated rings. The van der Waals surface area contributed by atoms with Crippen LogP contribution in [-0.4, -0.2) is 30.6 Å². The summed E-state index contributed by atoms with van der Waals surface area (Å²) in [4.78, 5) is 22.9. The predicted molar refractivity (Wildman–Crippen MR) is 83.1 cm³/mol. The van der Waals surface area contributed by atoms with Crippen LogP contribution in [0.2, 0.25) is 0 Å². The first-order chi connectivity index (χ1) is 9.76. The summed E-state index contributed by atoms with van der Waals surface area (Å²) < 4.78 is 11.2. The normalized spacial score (nSPS) is 10.9. The Morgan fingerprint density at radius 2 is 2.00 bits per heavy atom. The van der Waals surface area contributed by atoms with Gasteiger partial charge in [-0.1, -0.05) is 22.0 Å². The topological polar surface area (TPSA) is 64.6 Å². The number of amides is 1. The first-order valence-corrected chi connectivity index (χ1v) is 7.40. The highest BCUT2D eigenvalue weighted by atomic mass is 79.9. The van der Waals surface area contributed by atoms with Crippen LogP contribution in [0.5, 0.6) is 5.75 Å². The molecule has 0 spiro atoms. The van der Waals surface area contributed by atoms with Gasteiger partial charge in [0.05, 0.1) is 13.0 Å². The van der Waals surface area contributed by atoms with Gasteiger partial charge in [0.25, 0.3) is 5.91 Å². The van der Waals surface area contributed by atoms with Gasteiger partial charge in [-0.3, -0.25) is 9.59 Å².